The Morgan fingerprint density at radius 2 is 1.50 bits per heavy atom. The van der Waals surface area contributed by atoms with Gasteiger partial charge in [-0.2, -0.15) is 0 Å². The second-order valence-corrected chi connectivity index (χ2v) is 8.01. The summed E-state index contributed by atoms with van der Waals surface area (Å²) in [6.07, 6.45) is 3.78. The molecule has 132 valence electrons. The van der Waals surface area contributed by atoms with E-state index in [0.29, 0.717) is 10.7 Å². The number of aryl methyl sites for hydroxylation is 1. The Bertz CT molecular complexity index is 1020. The van der Waals surface area contributed by atoms with E-state index in [0.717, 1.165) is 16.7 Å². The number of hydrogen-bond acceptors (Lipinski definition) is 2. The third kappa shape index (κ3) is 4.54. The summed E-state index contributed by atoms with van der Waals surface area (Å²) < 4.78 is 27.9. The molecule has 3 aromatic rings. The van der Waals surface area contributed by atoms with Crippen LogP contribution in [0.3, 0.4) is 0 Å². The van der Waals surface area contributed by atoms with Crippen molar-refractivity contribution >= 4 is 39.5 Å². The van der Waals surface area contributed by atoms with E-state index in [1.165, 1.54) is 0 Å². The second kappa shape index (κ2) is 7.77. The van der Waals surface area contributed by atoms with Gasteiger partial charge in [-0.25, -0.2) is 8.42 Å². The fraction of sp³-hybridized carbons (Fsp3) is 0.0476. The van der Waals surface area contributed by atoms with Crippen molar-refractivity contribution < 1.29 is 8.42 Å². The van der Waals surface area contributed by atoms with Crippen LogP contribution in [0.25, 0.3) is 12.2 Å². The van der Waals surface area contributed by atoms with Crippen molar-refractivity contribution in [1.82, 2.24) is 0 Å². The van der Waals surface area contributed by atoms with E-state index >= 15 is 0 Å². The topological polar surface area (TPSA) is 46.2 Å². The molecular weight excluding hydrogens is 366 g/mol. The van der Waals surface area contributed by atoms with E-state index in [2.05, 4.69) is 4.72 Å². The van der Waals surface area contributed by atoms with Gasteiger partial charge in [0.2, 0.25) is 0 Å². The maximum Gasteiger partial charge on any atom is 0.261 e. The highest BCUT2D eigenvalue weighted by Gasteiger charge is 2.14. The SMILES string of the molecule is Cc1ccc(S(=O)(=O)Nc2ccccc2/C=C/c2ccc(Cl)cc2)cc1. The van der Waals surface area contributed by atoms with Gasteiger partial charge in [-0.3, -0.25) is 4.72 Å². The lowest BCUT2D eigenvalue weighted by Crippen LogP contribution is -2.13. The number of hydrogen-bond donors (Lipinski definition) is 1. The molecular formula is C21H18ClNO2S. The monoisotopic (exact) mass is 383 g/mol. The van der Waals surface area contributed by atoms with Crippen molar-refractivity contribution in [3.05, 3.63) is 94.5 Å². The summed E-state index contributed by atoms with van der Waals surface area (Å²) in [5.41, 5.74) is 3.29. The van der Waals surface area contributed by atoms with Crippen LogP contribution in [0.2, 0.25) is 5.02 Å². The van der Waals surface area contributed by atoms with Gasteiger partial charge in [0.05, 0.1) is 10.6 Å². The van der Waals surface area contributed by atoms with Gasteiger partial charge in [0.15, 0.2) is 0 Å². The summed E-state index contributed by atoms with van der Waals surface area (Å²) in [6, 6.07) is 21.5. The Morgan fingerprint density at radius 1 is 0.846 bits per heavy atom. The lowest BCUT2D eigenvalue weighted by molar-refractivity contribution is 0.601. The highest BCUT2D eigenvalue weighted by Crippen LogP contribution is 2.22. The molecule has 0 bridgehead atoms. The molecule has 0 amide bonds. The predicted molar refractivity (Wildman–Crippen MR) is 109 cm³/mol. The largest absolute Gasteiger partial charge is 0.279 e. The molecule has 0 saturated carbocycles. The fourth-order valence-corrected chi connectivity index (χ4v) is 3.63. The number of para-hydroxylation sites is 1. The molecule has 5 heteroatoms. The molecule has 0 spiro atoms. The lowest BCUT2D eigenvalue weighted by atomic mass is 10.1. The van der Waals surface area contributed by atoms with Crippen molar-refractivity contribution in [2.75, 3.05) is 4.72 Å². The molecule has 26 heavy (non-hydrogen) atoms. The van der Waals surface area contributed by atoms with Crippen molar-refractivity contribution in [3.8, 4) is 0 Å². The average molecular weight is 384 g/mol. The highest BCUT2D eigenvalue weighted by molar-refractivity contribution is 7.92. The van der Waals surface area contributed by atoms with Crippen LogP contribution in [0.5, 0.6) is 0 Å². The molecule has 0 heterocycles. The maximum atomic E-state index is 12.6. The summed E-state index contributed by atoms with van der Waals surface area (Å²) in [4.78, 5) is 0.236. The van der Waals surface area contributed by atoms with Crippen molar-refractivity contribution in [2.24, 2.45) is 0 Å². The Morgan fingerprint density at radius 3 is 2.19 bits per heavy atom. The highest BCUT2D eigenvalue weighted by atomic mass is 35.5. The zero-order valence-corrected chi connectivity index (χ0v) is 15.8. The first-order valence-electron chi connectivity index (χ1n) is 8.06. The molecule has 0 saturated heterocycles. The molecule has 0 aromatic heterocycles. The number of rotatable bonds is 5. The second-order valence-electron chi connectivity index (χ2n) is 5.89. The number of halogens is 1. The van der Waals surface area contributed by atoms with Crippen LogP contribution in [-0.2, 0) is 10.0 Å². The van der Waals surface area contributed by atoms with Crippen LogP contribution in [0.1, 0.15) is 16.7 Å². The molecule has 0 aliphatic rings. The minimum absolute atomic E-state index is 0.236. The van der Waals surface area contributed by atoms with Crippen LogP contribution < -0.4 is 4.72 Å². The lowest BCUT2D eigenvalue weighted by Gasteiger charge is -2.11. The predicted octanol–water partition coefficient (Wildman–Crippen LogP) is 5.62. The smallest absolute Gasteiger partial charge is 0.261 e. The van der Waals surface area contributed by atoms with Gasteiger partial charge < -0.3 is 0 Å². The number of sulfonamides is 1. The first kappa shape index (κ1) is 18.2. The van der Waals surface area contributed by atoms with E-state index in [9.17, 15) is 8.42 Å². The molecule has 0 radical (unpaired) electrons. The number of anilines is 1. The van der Waals surface area contributed by atoms with Crippen molar-refractivity contribution in [1.29, 1.82) is 0 Å². The fourth-order valence-electron chi connectivity index (χ4n) is 2.42. The summed E-state index contributed by atoms with van der Waals surface area (Å²) >= 11 is 5.89. The Hall–Kier alpha value is -2.56. The average Bonchev–Trinajstić information content (AvgIpc) is 2.62. The van der Waals surface area contributed by atoms with Gasteiger partial charge >= 0.3 is 0 Å². The zero-order valence-electron chi connectivity index (χ0n) is 14.2. The number of benzene rings is 3. The third-order valence-electron chi connectivity index (χ3n) is 3.86. The molecule has 3 nitrogen and oxygen atoms in total. The molecule has 1 N–H and O–H groups in total. The summed E-state index contributed by atoms with van der Waals surface area (Å²) in [6.45, 7) is 1.92. The van der Waals surface area contributed by atoms with Crippen LogP contribution in [0.15, 0.2) is 77.7 Å². The van der Waals surface area contributed by atoms with Gasteiger partial charge in [0.1, 0.15) is 0 Å². The van der Waals surface area contributed by atoms with E-state index in [1.807, 2.05) is 55.5 Å². The van der Waals surface area contributed by atoms with Crippen LogP contribution in [0, 0.1) is 6.92 Å². The normalized spacial score (nSPS) is 11.6. The van der Waals surface area contributed by atoms with Crippen LogP contribution >= 0.6 is 11.6 Å². The van der Waals surface area contributed by atoms with Gasteiger partial charge in [-0.15, -0.1) is 0 Å². The van der Waals surface area contributed by atoms with E-state index in [4.69, 9.17) is 11.6 Å². The van der Waals surface area contributed by atoms with Gasteiger partial charge in [0.25, 0.3) is 10.0 Å². The first-order chi connectivity index (χ1) is 12.4. The van der Waals surface area contributed by atoms with E-state index < -0.39 is 10.0 Å². The van der Waals surface area contributed by atoms with Gasteiger partial charge in [-0.1, -0.05) is 71.8 Å². The summed E-state index contributed by atoms with van der Waals surface area (Å²) in [7, 11) is -3.64. The zero-order chi connectivity index (χ0) is 18.6. The first-order valence-corrected chi connectivity index (χ1v) is 9.92. The Labute approximate surface area is 159 Å². The van der Waals surface area contributed by atoms with Crippen LogP contribution in [0.4, 0.5) is 5.69 Å². The summed E-state index contributed by atoms with van der Waals surface area (Å²) in [5, 5.41) is 0.674. The molecule has 0 aliphatic carbocycles. The Kier molecular flexibility index (Phi) is 5.45. The van der Waals surface area contributed by atoms with Gasteiger partial charge in [0, 0.05) is 5.02 Å². The third-order valence-corrected chi connectivity index (χ3v) is 5.50. The number of nitrogens with one attached hydrogen (secondary N) is 1. The quantitative estimate of drug-likeness (QED) is 0.581. The summed E-state index contributed by atoms with van der Waals surface area (Å²) in [5.74, 6) is 0. The standard InChI is InChI=1S/C21H18ClNO2S/c1-16-6-14-20(15-7-16)26(24,25)23-21-5-3-2-4-18(21)11-8-17-9-12-19(22)13-10-17/h2-15,23H,1H3/b11-8+. The molecule has 3 rings (SSSR count). The van der Waals surface area contributed by atoms with E-state index in [-0.39, 0.29) is 4.90 Å². The molecule has 0 fully saturated rings. The maximum absolute atomic E-state index is 12.6. The Balaban J connectivity index is 1.87. The molecule has 3 aromatic carbocycles. The van der Waals surface area contributed by atoms with Crippen LogP contribution in [-0.4, -0.2) is 8.42 Å². The molecule has 0 unspecified atom stereocenters. The van der Waals surface area contributed by atoms with Crippen molar-refractivity contribution in [2.45, 2.75) is 11.8 Å². The minimum atomic E-state index is -3.64. The van der Waals surface area contributed by atoms with Crippen molar-refractivity contribution in [3.63, 3.8) is 0 Å². The molecule has 0 aliphatic heterocycles. The minimum Gasteiger partial charge on any atom is -0.279 e. The molecule has 0 atom stereocenters. The van der Waals surface area contributed by atoms with E-state index in [1.54, 1.807) is 36.4 Å². The van der Waals surface area contributed by atoms with Gasteiger partial charge in [-0.05, 0) is 48.4 Å².